The lowest BCUT2D eigenvalue weighted by Gasteiger charge is -2.15. The second-order valence-electron chi connectivity index (χ2n) is 8.15. The number of hydrogen-bond acceptors (Lipinski definition) is 6. The highest BCUT2D eigenvalue weighted by Gasteiger charge is 2.36. The number of amides is 3. The second-order valence-corrected chi connectivity index (χ2v) is 9.14. The molecule has 3 amide bonds. The molecule has 4 rings (SSSR count). The predicted octanol–water partition coefficient (Wildman–Crippen LogP) is 5.70. The topological polar surface area (TPSA) is 84.9 Å². The van der Waals surface area contributed by atoms with E-state index < -0.39 is 17.1 Å². The summed E-state index contributed by atoms with van der Waals surface area (Å²) in [6, 6.07) is 18.6. The molecule has 180 valence electrons. The number of benzene rings is 3. The van der Waals surface area contributed by atoms with Gasteiger partial charge >= 0.3 is 0 Å². The van der Waals surface area contributed by atoms with E-state index in [1.165, 1.54) is 0 Å². The van der Waals surface area contributed by atoms with Crippen molar-refractivity contribution < 1.29 is 23.9 Å². The second kappa shape index (κ2) is 10.7. The molecule has 3 aromatic rings. The molecule has 35 heavy (non-hydrogen) atoms. The van der Waals surface area contributed by atoms with Gasteiger partial charge in [0.25, 0.3) is 11.1 Å². The molecule has 0 radical (unpaired) electrons. The minimum Gasteiger partial charge on any atom is -0.490 e. The fourth-order valence-electron chi connectivity index (χ4n) is 3.69. The van der Waals surface area contributed by atoms with Gasteiger partial charge in [-0.3, -0.25) is 19.3 Å². The van der Waals surface area contributed by atoms with Crippen LogP contribution in [0.4, 0.5) is 10.5 Å². The van der Waals surface area contributed by atoms with E-state index in [0.29, 0.717) is 29.4 Å². The zero-order chi connectivity index (χ0) is 24.9. The van der Waals surface area contributed by atoms with Crippen molar-refractivity contribution in [1.29, 1.82) is 0 Å². The highest BCUT2D eigenvalue weighted by atomic mass is 32.2. The van der Waals surface area contributed by atoms with Gasteiger partial charge in [0.15, 0.2) is 11.5 Å². The Kier molecular flexibility index (Phi) is 7.41. The van der Waals surface area contributed by atoms with Gasteiger partial charge in [-0.05, 0) is 67.8 Å². The van der Waals surface area contributed by atoms with E-state index >= 15 is 0 Å². The molecule has 1 saturated heterocycles. The van der Waals surface area contributed by atoms with Crippen LogP contribution in [0.3, 0.4) is 0 Å². The molecular formula is C27H26N2O5S. The minimum atomic E-state index is -0.506. The van der Waals surface area contributed by atoms with Gasteiger partial charge in [0.1, 0.15) is 6.54 Å². The van der Waals surface area contributed by atoms with Crippen LogP contribution in [0.15, 0.2) is 65.6 Å². The largest absolute Gasteiger partial charge is 0.490 e. The SMILES string of the molecule is CCOc1cc(/C=C2/SC(=O)N(CC(=O)Nc3cccc4ccccc34)C2=O)ccc1OC(C)C. The smallest absolute Gasteiger partial charge is 0.294 e. The standard InChI is InChI=1S/C27H26N2O5S/c1-4-33-23-14-18(12-13-22(23)34-17(2)3)15-24-26(31)29(27(32)35-24)16-25(30)28-21-11-7-9-19-8-5-6-10-20(19)21/h5-15,17H,4,16H2,1-3H3,(H,28,30)/b24-15+. The number of anilines is 1. The predicted molar refractivity (Wildman–Crippen MR) is 139 cm³/mol. The van der Waals surface area contributed by atoms with Crippen molar-refractivity contribution in [3.63, 3.8) is 0 Å². The van der Waals surface area contributed by atoms with E-state index in [1.807, 2.05) is 57.2 Å². The fourth-order valence-corrected chi connectivity index (χ4v) is 4.53. The molecule has 1 fully saturated rings. The van der Waals surface area contributed by atoms with Gasteiger partial charge in [0.05, 0.1) is 17.6 Å². The Labute approximate surface area is 208 Å². The van der Waals surface area contributed by atoms with Crippen LogP contribution in [0, 0.1) is 0 Å². The quantitative estimate of drug-likeness (QED) is 0.408. The molecule has 3 aromatic carbocycles. The number of thioether (sulfide) groups is 1. The van der Waals surface area contributed by atoms with Crippen molar-refractivity contribution in [2.75, 3.05) is 18.5 Å². The fraction of sp³-hybridized carbons (Fsp3) is 0.222. The molecule has 7 nitrogen and oxygen atoms in total. The summed E-state index contributed by atoms with van der Waals surface area (Å²) in [5.74, 6) is 0.216. The van der Waals surface area contributed by atoms with Crippen LogP contribution < -0.4 is 14.8 Å². The number of ether oxygens (including phenoxy) is 2. The maximum Gasteiger partial charge on any atom is 0.294 e. The molecule has 0 bridgehead atoms. The maximum absolute atomic E-state index is 12.9. The zero-order valence-corrected chi connectivity index (χ0v) is 20.6. The average molecular weight is 491 g/mol. The minimum absolute atomic E-state index is 0.0171. The number of carbonyl (C=O) groups is 3. The first-order valence-corrected chi connectivity index (χ1v) is 12.1. The third kappa shape index (κ3) is 5.66. The highest BCUT2D eigenvalue weighted by molar-refractivity contribution is 8.18. The Bertz CT molecular complexity index is 1310. The third-order valence-electron chi connectivity index (χ3n) is 5.17. The molecular weight excluding hydrogens is 464 g/mol. The molecule has 0 aromatic heterocycles. The Morgan fingerprint density at radius 3 is 2.60 bits per heavy atom. The number of imide groups is 1. The molecule has 0 saturated carbocycles. The number of nitrogens with one attached hydrogen (secondary N) is 1. The summed E-state index contributed by atoms with van der Waals surface area (Å²) in [6.07, 6.45) is 1.60. The van der Waals surface area contributed by atoms with Crippen molar-refractivity contribution in [3.05, 3.63) is 71.1 Å². The van der Waals surface area contributed by atoms with Gasteiger partial charge in [0.2, 0.25) is 5.91 Å². The molecule has 0 aliphatic carbocycles. The molecule has 0 unspecified atom stereocenters. The average Bonchev–Trinajstić information content (AvgIpc) is 3.08. The summed E-state index contributed by atoms with van der Waals surface area (Å²) < 4.78 is 11.4. The summed E-state index contributed by atoms with van der Waals surface area (Å²) in [6.45, 7) is 5.82. The highest BCUT2D eigenvalue weighted by Crippen LogP contribution is 2.35. The van der Waals surface area contributed by atoms with Gasteiger partial charge in [-0.1, -0.05) is 42.5 Å². The van der Waals surface area contributed by atoms with Crippen molar-refractivity contribution in [2.45, 2.75) is 26.9 Å². The lowest BCUT2D eigenvalue weighted by molar-refractivity contribution is -0.127. The van der Waals surface area contributed by atoms with Crippen LogP contribution in [0.2, 0.25) is 0 Å². The summed E-state index contributed by atoms with van der Waals surface area (Å²) >= 11 is 0.808. The number of carbonyl (C=O) groups excluding carboxylic acids is 3. The summed E-state index contributed by atoms with van der Waals surface area (Å²) in [5, 5.41) is 4.19. The Morgan fingerprint density at radius 1 is 1.06 bits per heavy atom. The first-order valence-electron chi connectivity index (χ1n) is 11.3. The van der Waals surface area contributed by atoms with E-state index in [9.17, 15) is 14.4 Å². The Hall–Kier alpha value is -3.78. The molecule has 1 aliphatic rings. The molecule has 0 atom stereocenters. The van der Waals surface area contributed by atoms with Crippen molar-refractivity contribution in [3.8, 4) is 11.5 Å². The van der Waals surface area contributed by atoms with Crippen LogP contribution in [0.5, 0.6) is 11.5 Å². The number of hydrogen-bond donors (Lipinski definition) is 1. The summed E-state index contributed by atoms with van der Waals surface area (Å²) in [4.78, 5) is 39.3. The first-order chi connectivity index (χ1) is 16.9. The van der Waals surface area contributed by atoms with Crippen LogP contribution in [0.1, 0.15) is 26.3 Å². The van der Waals surface area contributed by atoms with Gasteiger partial charge in [-0.2, -0.15) is 0 Å². The lowest BCUT2D eigenvalue weighted by atomic mass is 10.1. The van der Waals surface area contributed by atoms with Crippen LogP contribution in [0.25, 0.3) is 16.8 Å². The van der Waals surface area contributed by atoms with Gasteiger partial charge in [-0.15, -0.1) is 0 Å². The number of rotatable bonds is 8. The van der Waals surface area contributed by atoms with E-state index in [4.69, 9.17) is 9.47 Å². The van der Waals surface area contributed by atoms with Crippen molar-refractivity contribution in [1.82, 2.24) is 4.90 Å². The normalized spacial score (nSPS) is 14.7. The van der Waals surface area contributed by atoms with E-state index in [1.54, 1.807) is 30.3 Å². The molecule has 0 spiro atoms. The maximum atomic E-state index is 12.9. The molecule has 1 heterocycles. The van der Waals surface area contributed by atoms with Crippen LogP contribution >= 0.6 is 11.8 Å². The molecule has 1 N–H and O–H groups in total. The van der Waals surface area contributed by atoms with Gasteiger partial charge < -0.3 is 14.8 Å². The third-order valence-corrected chi connectivity index (χ3v) is 6.07. The summed E-state index contributed by atoms with van der Waals surface area (Å²) in [5.41, 5.74) is 1.32. The van der Waals surface area contributed by atoms with E-state index in [0.717, 1.165) is 27.4 Å². The molecule has 1 aliphatic heterocycles. The Morgan fingerprint density at radius 2 is 1.83 bits per heavy atom. The first kappa shape index (κ1) is 24.3. The summed E-state index contributed by atoms with van der Waals surface area (Å²) in [7, 11) is 0. The van der Waals surface area contributed by atoms with Crippen molar-refractivity contribution >= 4 is 51.4 Å². The van der Waals surface area contributed by atoms with Gasteiger partial charge in [0, 0.05) is 11.1 Å². The Balaban J connectivity index is 1.49. The monoisotopic (exact) mass is 490 g/mol. The molecule has 8 heteroatoms. The van der Waals surface area contributed by atoms with E-state index in [-0.39, 0.29) is 17.6 Å². The van der Waals surface area contributed by atoms with E-state index in [2.05, 4.69) is 5.32 Å². The zero-order valence-electron chi connectivity index (χ0n) is 19.7. The van der Waals surface area contributed by atoms with Crippen LogP contribution in [-0.4, -0.2) is 41.2 Å². The van der Waals surface area contributed by atoms with Crippen molar-refractivity contribution in [2.24, 2.45) is 0 Å². The van der Waals surface area contributed by atoms with Gasteiger partial charge in [-0.25, -0.2) is 0 Å². The number of nitrogens with zero attached hydrogens (tertiary/aromatic N) is 1. The van der Waals surface area contributed by atoms with Crippen LogP contribution in [-0.2, 0) is 9.59 Å². The lowest BCUT2D eigenvalue weighted by Crippen LogP contribution is -2.36. The number of fused-ring (bicyclic) bond motifs is 1.